The highest BCUT2D eigenvalue weighted by Gasteiger charge is 2.38. The van der Waals surface area contributed by atoms with Crippen molar-refractivity contribution in [1.29, 1.82) is 0 Å². The van der Waals surface area contributed by atoms with Crippen molar-refractivity contribution in [3.05, 3.63) is 120 Å². The molecule has 0 aliphatic heterocycles. The minimum atomic E-state index is -4.42. The third-order valence-corrected chi connectivity index (χ3v) is 9.45. The van der Waals surface area contributed by atoms with E-state index in [1.54, 1.807) is 48.8 Å². The Kier molecular flexibility index (Phi) is 11.3. The zero-order chi connectivity index (χ0) is 30.7. The molecule has 2 aromatic carbocycles. The topological polar surface area (TPSA) is 139 Å². The van der Waals surface area contributed by atoms with E-state index in [2.05, 4.69) is 15.3 Å². The molecule has 1 amide bonds. The lowest BCUT2D eigenvalue weighted by Crippen LogP contribution is -2.50. The number of carboxylic acids is 1. The summed E-state index contributed by atoms with van der Waals surface area (Å²) in [6.45, 7) is -0.731. The SMILES string of the molecule is COc1ccc(S(=O)(=O)N(CC(=O)NC(c2ccccn2)c2ccccn2)C(CCSCc2ccccc2)C(=O)O)cc1. The van der Waals surface area contributed by atoms with Gasteiger partial charge < -0.3 is 15.2 Å². The number of carbonyl (C=O) groups excluding carboxylic acids is 1. The van der Waals surface area contributed by atoms with Gasteiger partial charge in [0.25, 0.3) is 0 Å². The van der Waals surface area contributed by atoms with Crippen LogP contribution in [0.2, 0.25) is 0 Å². The largest absolute Gasteiger partial charge is 0.497 e. The van der Waals surface area contributed by atoms with E-state index >= 15 is 0 Å². The van der Waals surface area contributed by atoms with Gasteiger partial charge >= 0.3 is 5.97 Å². The van der Waals surface area contributed by atoms with Crippen LogP contribution in [0.5, 0.6) is 5.75 Å². The minimum Gasteiger partial charge on any atom is -0.497 e. The Bertz CT molecular complexity index is 1540. The van der Waals surface area contributed by atoms with Crippen molar-refractivity contribution in [1.82, 2.24) is 19.6 Å². The first-order valence-electron chi connectivity index (χ1n) is 13.4. The summed E-state index contributed by atoms with van der Waals surface area (Å²) in [5.41, 5.74) is 2.05. The molecule has 10 nitrogen and oxygen atoms in total. The molecule has 224 valence electrons. The normalized spacial score (nSPS) is 12.2. The summed E-state index contributed by atoms with van der Waals surface area (Å²) in [6.07, 6.45) is 3.14. The van der Waals surface area contributed by atoms with Crippen molar-refractivity contribution in [2.24, 2.45) is 0 Å². The summed E-state index contributed by atoms with van der Waals surface area (Å²) in [6, 6.07) is 23.4. The number of methoxy groups -OCH3 is 1. The van der Waals surface area contributed by atoms with Crippen LogP contribution in [0.25, 0.3) is 0 Å². The summed E-state index contributed by atoms with van der Waals surface area (Å²) in [5, 5.41) is 13.0. The molecule has 2 N–H and O–H groups in total. The molecule has 2 heterocycles. The number of carbonyl (C=O) groups is 2. The first-order chi connectivity index (χ1) is 20.8. The number of ether oxygens (including phenoxy) is 1. The fourth-order valence-corrected chi connectivity index (χ4v) is 6.87. The van der Waals surface area contributed by atoms with Crippen LogP contribution >= 0.6 is 11.8 Å². The van der Waals surface area contributed by atoms with Crippen molar-refractivity contribution < 1.29 is 27.9 Å². The maximum atomic E-state index is 13.9. The molecular weight excluding hydrogens is 588 g/mol. The number of thioether (sulfide) groups is 1. The second-order valence-corrected chi connectivity index (χ2v) is 12.4. The molecule has 4 rings (SSSR count). The third kappa shape index (κ3) is 8.63. The molecule has 4 aromatic rings. The van der Waals surface area contributed by atoms with E-state index in [0.717, 1.165) is 9.87 Å². The molecule has 0 aliphatic carbocycles. The van der Waals surface area contributed by atoms with Crippen LogP contribution in [0.1, 0.15) is 29.4 Å². The number of aromatic nitrogens is 2. The second kappa shape index (κ2) is 15.3. The first kappa shape index (κ1) is 31.7. The van der Waals surface area contributed by atoms with Gasteiger partial charge in [-0.1, -0.05) is 42.5 Å². The van der Waals surface area contributed by atoms with E-state index in [1.807, 2.05) is 30.3 Å². The van der Waals surface area contributed by atoms with Gasteiger partial charge in [0.05, 0.1) is 29.9 Å². The molecule has 0 saturated carbocycles. The predicted octanol–water partition coefficient (Wildman–Crippen LogP) is 4.16. The molecule has 43 heavy (non-hydrogen) atoms. The van der Waals surface area contributed by atoms with Crippen molar-refractivity contribution >= 4 is 33.7 Å². The molecule has 1 atom stereocenters. The Morgan fingerprint density at radius 3 is 2.05 bits per heavy atom. The Morgan fingerprint density at radius 2 is 1.51 bits per heavy atom. The van der Waals surface area contributed by atoms with Gasteiger partial charge in [0, 0.05) is 18.1 Å². The van der Waals surface area contributed by atoms with E-state index < -0.39 is 40.5 Å². The van der Waals surface area contributed by atoms with Gasteiger partial charge in [0.1, 0.15) is 17.8 Å². The van der Waals surface area contributed by atoms with Gasteiger partial charge in [0.15, 0.2) is 0 Å². The number of pyridine rings is 2. The van der Waals surface area contributed by atoms with E-state index in [0.29, 0.717) is 28.6 Å². The number of sulfonamides is 1. The lowest BCUT2D eigenvalue weighted by Gasteiger charge is -2.28. The maximum Gasteiger partial charge on any atom is 0.322 e. The zero-order valence-electron chi connectivity index (χ0n) is 23.4. The maximum absolute atomic E-state index is 13.9. The molecule has 1 unspecified atom stereocenters. The van der Waals surface area contributed by atoms with E-state index in [1.165, 1.54) is 43.1 Å². The van der Waals surface area contributed by atoms with E-state index in [-0.39, 0.29) is 11.3 Å². The fraction of sp³-hybridized carbons (Fsp3) is 0.226. The highest BCUT2D eigenvalue weighted by atomic mass is 32.2. The van der Waals surface area contributed by atoms with Gasteiger partial charge in [0.2, 0.25) is 15.9 Å². The van der Waals surface area contributed by atoms with Crippen LogP contribution in [0.4, 0.5) is 0 Å². The second-order valence-electron chi connectivity index (χ2n) is 9.42. The quantitative estimate of drug-likeness (QED) is 0.188. The number of benzene rings is 2. The third-order valence-electron chi connectivity index (χ3n) is 6.52. The number of hydrogen-bond acceptors (Lipinski definition) is 8. The average Bonchev–Trinajstić information content (AvgIpc) is 3.04. The van der Waals surface area contributed by atoms with Crippen LogP contribution in [-0.2, 0) is 25.4 Å². The number of nitrogens with one attached hydrogen (secondary N) is 1. The molecule has 0 radical (unpaired) electrons. The Labute approximate surface area is 255 Å². The van der Waals surface area contributed by atoms with Gasteiger partial charge in [-0.25, -0.2) is 8.42 Å². The Hall–Kier alpha value is -4.26. The monoisotopic (exact) mass is 620 g/mol. The van der Waals surface area contributed by atoms with Crippen LogP contribution in [0.15, 0.2) is 108 Å². The van der Waals surface area contributed by atoms with Crippen LogP contribution in [0, 0.1) is 0 Å². The molecule has 0 aliphatic rings. The number of carboxylic acid groups (broad SMARTS) is 1. The summed E-state index contributed by atoms with van der Waals surface area (Å²) in [5.74, 6) is -0.636. The van der Waals surface area contributed by atoms with Gasteiger partial charge in [-0.2, -0.15) is 16.1 Å². The molecule has 0 bridgehead atoms. The van der Waals surface area contributed by atoms with Crippen molar-refractivity contribution in [3.8, 4) is 5.75 Å². The van der Waals surface area contributed by atoms with Crippen LogP contribution in [-0.4, -0.2) is 65.1 Å². The van der Waals surface area contributed by atoms with E-state index in [9.17, 15) is 23.1 Å². The predicted molar refractivity (Wildman–Crippen MR) is 164 cm³/mol. The highest BCUT2D eigenvalue weighted by Crippen LogP contribution is 2.25. The highest BCUT2D eigenvalue weighted by molar-refractivity contribution is 7.98. The van der Waals surface area contributed by atoms with Gasteiger partial charge in [-0.15, -0.1) is 0 Å². The van der Waals surface area contributed by atoms with Crippen molar-refractivity contribution in [2.45, 2.75) is 29.2 Å². The van der Waals surface area contributed by atoms with Crippen molar-refractivity contribution in [3.63, 3.8) is 0 Å². The average molecular weight is 621 g/mol. The first-order valence-corrected chi connectivity index (χ1v) is 16.0. The van der Waals surface area contributed by atoms with Crippen LogP contribution in [0.3, 0.4) is 0 Å². The number of rotatable bonds is 15. The molecule has 12 heteroatoms. The molecule has 2 aromatic heterocycles. The fourth-order valence-electron chi connectivity index (χ4n) is 4.34. The number of nitrogens with zero attached hydrogens (tertiary/aromatic N) is 3. The minimum absolute atomic E-state index is 0.0145. The standard InChI is InChI=1S/C31H32N4O6S2/c1-41-24-13-15-25(16-14-24)43(39,40)35(28(31(37)38)17-20-42-22-23-9-3-2-4-10-23)21-29(36)34-30(26-11-5-7-18-32-26)27-12-6-8-19-33-27/h2-16,18-19,28,30H,17,20-22H2,1H3,(H,34,36)(H,37,38). The zero-order valence-corrected chi connectivity index (χ0v) is 25.1. The Morgan fingerprint density at radius 1 is 0.907 bits per heavy atom. The molecule has 0 fully saturated rings. The number of hydrogen-bond donors (Lipinski definition) is 2. The molecular formula is C31H32N4O6S2. The lowest BCUT2D eigenvalue weighted by atomic mass is 10.1. The number of amides is 1. The molecule has 0 saturated heterocycles. The van der Waals surface area contributed by atoms with Gasteiger partial charge in [-0.05, 0) is 66.3 Å². The Balaban J connectivity index is 1.61. The van der Waals surface area contributed by atoms with Crippen LogP contribution < -0.4 is 10.1 Å². The number of aliphatic carboxylic acids is 1. The van der Waals surface area contributed by atoms with Gasteiger partial charge in [-0.3, -0.25) is 19.6 Å². The lowest BCUT2D eigenvalue weighted by molar-refractivity contribution is -0.141. The molecule has 0 spiro atoms. The van der Waals surface area contributed by atoms with E-state index in [4.69, 9.17) is 4.74 Å². The summed E-state index contributed by atoms with van der Waals surface area (Å²) >= 11 is 1.49. The van der Waals surface area contributed by atoms with Crippen molar-refractivity contribution in [2.75, 3.05) is 19.4 Å². The smallest absolute Gasteiger partial charge is 0.322 e. The summed E-state index contributed by atoms with van der Waals surface area (Å²) < 4.78 is 33.7. The summed E-state index contributed by atoms with van der Waals surface area (Å²) in [7, 11) is -2.97. The summed E-state index contributed by atoms with van der Waals surface area (Å²) in [4.78, 5) is 34.6.